The van der Waals surface area contributed by atoms with Gasteiger partial charge in [-0.2, -0.15) is 0 Å². The molecule has 132 valence electrons. The van der Waals surface area contributed by atoms with Crippen LogP contribution in [0.25, 0.3) is 0 Å². The normalized spacial score (nSPS) is 22.3. The molecule has 3 amide bonds. The minimum atomic E-state index is -0.502. The molecule has 1 aromatic carbocycles. The van der Waals surface area contributed by atoms with Gasteiger partial charge < -0.3 is 4.90 Å². The molecule has 1 aliphatic carbocycles. The lowest BCUT2D eigenvalue weighted by Gasteiger charge is -2.21. The Balaban J connectivity index is 1.68. The molecule has 2 aliphatic rings. The molecule has 0 radical (unpaired) electrons. The third-order valence-corrected chi connectivity index (χ3v) is 5.13. The van der Waals surface area contributed by atoms with Crippen LogP contribution in [0, 0.1) is 17.7 Å². The van der Waals surface area contributed by atoms with Crippen molar-refractivity contribution in [1.82, 2.24) is 9.80 Å². The highest BCUT2D eigenvalue weighted by Crippen LogP contribution is 2.35. The Labute approximate surface area is 150 Å². The van der Waals surface area contributed by atoms with E-state index in [4.69, 9.17) is 11.6 Å². The Morgan fingerprint density at radius 1 is 1.24 bits per heavy atom. The molecule has 0 bridgehead atoms. The number of rotatable bonds is 4. The van der Waals surface area contributed by atoms with E-state index in [-0.39, 0.29) is 47.3 Å². The van der Waals surface area contributed by atoms with Crippen LogP contribution < -0.4 is 0 Å². The van der Waals surface area contributed by atoms with Gasteiger partial charge in [-0.25, -0.2) is 4.39 Å². The number of halogens is 2. The number of amides is 3. The molecular weight excluding hydrogens is 347 g/mol. The van der Waals surface area contributed by atoms with E-state index in [2.05, 4.69) is 0 Å². The smallest absolute Gasteiger partial charge is 0.242 e. The molecule has 1 heterocycles. The molecule has 3 rings (SSSR count). The molecule has 1 aromatic rings. The second-order valence-electron chi connectivity index (χ2n) is 6.37. The lowest BCUT2D eigenvalue weighted by atomic mass is 9.85. The number of carbonyl (C=O) groups is 3. The summed E-state index contributed by atoms with van der Waals surface area (Å²) < 4.78 is 13.9. The monoisotopic (exact) mass is 364 g/mol. The van der Waals surface area contributed by atoms with Crippen LogP contribution in [0.3, 0.4) is 0 Å². The number of allylic oxidation sites excluding steroid dienone is 2. The Morgan fingerprint density at radius 3 is 2.40 bits per heavy atom. The van der Waals surface area contributed by atoms with Crippen LogP contribution in [0.2, 0.25) is 5.02 Å². The minimum Gasteiger partial charge on any atom is -0.340 e. The molecule has 1 aliphatic heterocycles. The predicted molar refractivity (Wildman–Crippen MR) is 90.0 cm³/mol. The number of benzene rings is 1. The first-order valence-electron chi connectivity index (χ1n) is 8.07. The number of likely N-dealkylation sites (N-methyl/N-ethyl adjacent to an activating group) is 1. The van der Waals surface area contributed by atoms with Crippen molar-refractivity contribution >= 4 is 29.3 Å². The van der Waals surface area contributed by atoms with Crippen LogP contribution >= 0.6 is 11.6 Å². The van der Waals surface area contributed by atoms with E-state index >= 15 is 0 Å². The van der Waals surface area contributed by atoms with Gasteiger partial charge in [0, 0.05) is 24.2 Å². The highest BCUT2D eigenvalue weighted by Gasteiger charge is 2.47. The van der Waals surface area contributed by atoms with Crippen LogP contribution in [0.1, 0.15) is 18.4 Å². The fourth-order valence-electron chi connectivity index (χ4n) is 3.29. The Kier molecular flexibility index (Phi) is 4.90. The first kappa shape index (κ1) is 17.6. The average Bonchev–Trinajstić information content (AvgIpc) is 2.83. The molecule has 5 nitrogen and oxygen atoms in total. The average molecular weight is 365 g/mol. The number of hydrogen-bond donors (Lipinski definition) is 0. The van der Waals surface area contributed by atoms with Crippen molar-refractivity contribution in [1.29, 1.82) is 0 Å². The number of likely N-dealkylation sites (tertiary alicyclic amines) is 1. The van der Waals surface area contributed by atoms with Gasteiger partial charge in [-0.05, 0) is 25.0 Å². The molecule has 0 saturated carbocycles. The van der Waals surface area contributed by atoms with Crippen molar-refractivity contribution in [2.45, 2.75) is 19.4 Å². The molecule has 2 atom stereocenters. The highest BCUT2D eigenvalue weighted by atomic mass is 35.5. The van der Waals surface area contributed by atoms with Crippen molar-refractivity contribution in [3.63, 3.8) is 0 Å². The molecular formula is C18H18ClFN2O3. The lowest BCUT2D eigenvalue weighted by Crippen LogP contribution is -2.41. The number of nitrogens with zero attached hydrogens (tertiary/aromatic N) is 2. The van der Waals surface area contributed by atoms with Crippen molar-refractivity contribution in [2.24, 2.45) is 11.8 Å². The molecule has 7 heteroatoms. The summed E-state index contributed by atoms with van der Waals surface area (Å²) in [6.07, 6.45) is 4.84. The molecule has 0 N–H and O–H groups in total. The predicted octanol–water partition coefficient (Wildman–Crippen LogP) is 2.39. The summed E-state index contributed by atoms with van der Waals surface area (Å²) in [6, 6.07) is 4.30. The second kappa shape index (κ2) is 6.96. The van der Waals surface area contributed by atoms with Crippen molar-refractivity contribution in [3.8, 4) is 0 Å². The van der Waals surface area contributed by atoms with Gasteiger partial charge in [0.2, 0.25) is 17.7 Å². The Bertz CT molecular complexity index is 718. The maximum atomic E-state index is 13.9. The summed E-state index contributed by atoms with van der Waals surface area (Å²) in [5, 5.41) is 0.227. The minimum absolute atomic E-state index is 0.0328. The Hall–Kier alpha value is -2.21. The fraction of sp³-hybridized carbons (Fsp3) is 0.389. The summed E-state index contributed by atoms with van der Waals surface area (Å²) in [4.78, 5) is 39.5. The van der Waals surface area contributed by atoms with E-state index in [0.717, 1.165) is 4.90 Å². The van der Waals surface area contributed by atoms with Gasteiger partial charge in [-0.1, -0.05) is 29.8 Å². The van der Waals surface area contributed by atoms with Gasteiger partial charge in [0.05, 0.1) is 11.8 Å². The maximum absolute atomic E-state index is 13.9. The summed E-state index contributed by atoms with van der Waals surface area (Å²) in [7, 11) is 1.49. The van der Waals surface area contributed by atoms with Crippen LogP contribution in [0.4, 0.5) is 4.39 Å². The summed E-state index contributed by atoms with van der Waals surface area (Å²) in [5.74, 6) is -2.27. The molecule has 0 unspecified atom stereocenters. The van der Waals surface area contributed by atoms with Gasteiger partial charge in [0.1, 0.15) is 12.4 Å². The zero-order chi connectivity index (χ0) is 18.1. The van der Waals surface area contributed by atoms with Gasteiger partial charge in [0.15, 0.2) is 0 Å². The molecule has 1 saturated heterocycles. The number of carbonyl (C=O) groups excluding carboxylic acids is 3. The standard InChI is InChI=1S/C18H18ClFN2O3/c1-21(9-13-14(19)7-4-8-15(13)20)16(23)10-22-17(24)11-5-2-3-6-12(11)18(22)25/h2-4,7-8,11-12H,5-6,9-10H2,1H3/t11-,12-/m1/s1. The van der Waals surface area contributed by atoms with Gasteiger partial charge in [-0.15, -0.1) is 0 Å². The molecule has 0 spiro atoms. The fourth-order valence-corrected chi connectivity index (χ4v) is 3.51. The van der Waals surface area contributed by atoms with Crippen LogP contribution in [0.15, 0.2) is 30.4 Å². The second-order valence-corrected chi connectivity index (χ2v) is 6.78. The number of hydrogen-bond acceptors (Lipinski definition) is 3. The lowest BCUT2D eigenvalue weighted by molar-refractivity contribution is -0.146. The first-order chi connectivity index (χ1) is 11.9. The van der Waals surface area contributed by atoms with Crippen LogP contribution in [-0.4, -0.2) is 41.1 Å². The quantitative estimate of drug-likeness (QED) is 0.609. The van der Waals surface area contributed by atoms with E-state index in [9.17, 15) is 18.8 Å². The zero-order valence-corrected chi connectivity index (χ0v) is 14.5. The molecule has 0 aromatic heterocycles. The summed E-state index contributed by atoms with van der Waals surface area (Å²) >= 11 is 5.97. The van der Waals surface area contributed by atoms with Gasteiger partial charge >= 0.3 is 0 Å². The Morgan fingerprint density at radius 2 is 1.84 bits per heavy atom. The molecule has 1 fully saturated rings. The van der Waals surface area contributed by atoms with Gasteiger partial charge in [-0.3, -0.25) is 19.3 Å². The number of imide groups is 1. The van der Waals surface area contributed by atoms with Crippen LogP contribution in [0.5, 0.6) is 0 Å². The van der Waals surface area contributed by atoms with E-state index in [1.54, 1.807) is 6.07 Å². The highest BCUT2D eigenvalue weighted by molar-refractivity contribution is 6.31. The largest absolute Gasteiger partial charge is 0.340 e. The van der Waals surface area contributed by atoms with E-state index in [1.807, 2.05) is 12.2 Å². The van der Waals surface area contributed by atoms with E-state index in [0.29, 0.717) is 12.8 Å². The zero-order valence-electron chi connectivity index (χ0n) is 13.7. The topological polar surface area (TPSA) is 57.7 Å². The summed E-state index contributed by atoms with van der Waals surface area (Å²) in [5.41, 5.74) is 0.206. The number of fused-ring (bicyclic) bond motifs is 1. The van der Waals surface area contributed by atoms with Crippen molar-refractivity contribution in [2.75, 3.05) is 13.6 Å². The summed E-state index contributed by atoms with van der Waals surface area (Å²) in [6.45, 7) is -0.359. The van der Waals surface area contributed by atoms with E-state index in [1.165, 1.54) is 24.1 Å². The first-order valence-corrected chi connectivity index (χ1v) is 8.45. The molecule has 25 heavy (non-hydrogen) atoms. The van der Waals surface area contributed by atoms with Crippen molar-refractivity contribution < 1.29 is 18.8 Å². The third kappa shape index (κ3) is 3.31. The van der Waals surface area contributed by atoms with E-state index < -0.39 is 11.7 Å². The SMILES string of the molecule is CN(Cc1c(F)cccc1Cl)C(=O)CN1C(=O)[C@@H]2CC=CC[C@H]2C1=O. The van der Waals surface area contributed by atoms with Crippen LogP contribution in [-0.2, 0) is 20.9 Å². The van der Waals surface area contributed by atoms with Crippen molar-refractivity contribution in [3.05, 3.63) is 46.8 Å². The third-order valence-electron chi connectivity index (χ3n) is 4.77. The van der Waals surface area contributed by atoms with Gasteiger partial charge in [0.25, 0.3) is 0 Å². The maximum Gasteiger partial charge on any atom is 0.242 e.